The minimum absolute atomic E-state index is 0.205. The number of imide groups is 1. The summed E-state index contributed by atoms with van der Waals surface area (Å²) in [5.74, 6) is -2.11. The van der Waals surface area contributed by atoms with Crippen molar-refractivity contribution in [2.45, 2.75) is 32.4 Å². The van der Waals surface area contributed by atoms with Crippen LogP contribution in [0, 0.1) is 18.8 Å². The summed E-state index contributed by atoms with van der Waals surface area (Å²) in [5.41, 5.74) is 1.20. The normalized spacial score (nSPS) is 27.4. The summed E-state index contributed by atoms with van der Waals surface area (Å²) >= 11 is 0. The summed E-state index contributed by atoms with van der Waals surface area (Å²) in [5, 5.41) is 1.85. The monoisotopic (exact) mass is 423 g/mol. The van der Waals surface area contributed by atoms with E-state index >= 15 is 0 Å². The van der Waals surface area contributed by atoms with E-state index in [0.29, 0.717) is 11.4 Å². The molecule has 0 spiro atoms. The number of ether oxygens (including phenoxy) is 2. The van der Waals surface area contributed by atoms with Gasteiger partial charge in [0, 0.05) is 18.6 Å². The Morgan fingerprint density at radius 1 is 1.13 bits per heavy atom. The number of esters is 1. The van der Waals surface area contributed by atoms with Crippen molar-refractivity contribution < 1.29 is 29.2 Å². The summed E-state index contributed by atoms with van der Waals surface area (Å²) in [6.45, 7) is 5.62. The van der Waals surface area contributed by atoms with Gasteiger partial charge >= 0.3 is 5.97 Å². The molecule has 7 nitrogen and oxygen atoms in total. The molecule has 2 N–H and O–H groups in total. The molecule has 4 atom stereocenters. The zero-order valence-corrected chi connectivity index (χ0v) is 18.1. The minimum Gasteiger partial charge on any atom is -0.497 e. The molecule has 2 amide bonds. The quantitative estimate of drug-likeness (QED) is 0.585. The van der Waals surface area contributed by atoms with Crippen molar-refractivity contribution in [3.8, 4) is 5.75 Å². The van der Waals surface area contributed by atoms with Gasteiger partial charge in [-0.1, -0.05) is 30.3 Å². The van der Waals surface area contributed by atoms with Crippen LogP contribution in [0.4, 0.5) is 5.69 Å². The van der Waals surface area contributed by atoms with Crippen molar-refractivity contribution in [2.75, 3.05) is 18.6 Å². The van der Waals surface area contributed by atoms with E-state index in [4.69, 9.17) is 9.47 Å². The van der Waals surface area contributed by atoms with Crippen LogP contribution in [-0.4, -0.2) is 37.0 Å². The van der Waals surface area contributed by atoms with Gasteiger partial charge in [0.1, 0.15) is 23.6 Å². The molecule has 0 aromatic heterocycles. The zero-order valence-electron chi connectivity index (χ0n) is 18.1. The van der Waals surface area contributed by atoms with E-state index in [9.17, 15) is 14.4 Å². The number of methoxy groups -OCH3 is 1. The average molecular weight is 423 g/mol. The highest BCUT2D eigenvalue weighted by molar-refractivity contribution is 6.23. The van der Waals surface area contributed by atoms with Gasteiger partial charge in [-0.3, -0.25) is 9.59 Å². The van der Waals surface area contributed by atoms with Crippen LogP contribution >= 0.6 is 0 Å². The van der Waals surface area contributed by atoms with Crippen LogP contribution in [0.3, 0.4) is 0 Å². The molecule has 7 heteroatoms. The van der Waals surface area contributed by atoms with Gasteiger partial charge in [-0.2, -0.15) is 0 Å². The van der Waals surface area contributed by atoms with Crippen LogP contribution in [0.25, 0.3) is 0 Å². The van der Waals surface area contributed by atoms with E-state index in [-0.39, 0.29) is 24.5 Å². The average Bonchev–Trinajstić information content (AvgIpc) is 3.22. The maximum Gasteiger partial charge on any atom is 0.368 e. The van der Waals surface area contributed by atoms with E-state index in [1.54, 1.807) is 38.1 Å². The number of fused-ring (bicyclic) bond motifs is 1. The number of nitrogens with zero attached hydrogens (tertiary/aromatic N) is 1. The van der Waals surface area contributed by atoms with Crippen LogP contribution in [0.1, 0.15) is 31.0 Å². The Hall–Kier alpha value is -3.19. The molecule has 0 aliphatic carbocycles. The van der Waals surface area contributed by atoms with Crippen LogP contribution in [-0.2, 0) is 19.1 Å². The zero-order chi connectivity index (χ0) is 22.3. The van der Waals surface area contributed by atoms with E-state index < -0.39 is 23.3 Å². The lowest BCUT2D eigenvalue weighted by Crippen LogP contribution is -2.97. The van der Waals surface area contributed by atoms with Crippen LogP contribution in [0.15, 0.2) is 48.5 Å². The van der Waals surface area contributed by atoms with Gasteiger partial charge in [-0.05, 0) is 31.5 Å². The number of carbonyl (C=O) groups is 3. The number of amides is 2. The fraction of sp³-hybridized carbons (Fsp3) is 0.375. The number of anilines is 1. The van der Waals surface area contributed by atoms with Crippen molar-refractivity contribution >= 4 is 23.5 Å². The van der Waals surface area contributed by atoms with Crippen molar-refractivity contribution in [3.63, 3.8) is 0 Å². The number of aryl methyl sites for hydroxylation is 1. The first kappa shape index (κ1) is 21.1. The highest BCUT2D eigenvalue weighted by Crippen LogP contribution is 2.46. The molecule has 4 rings (SSSR count). The smallest absolute Gasteiger partial charge is 0.368 e. The molecular weight excluding hydrogens is 396 g/mol. The first-order valence-corrected chi connectivity index (χ1v) is 10.4. The van der Waals surface area contributed by atoms with Crippen LogP contribution in [0.2, 0.25) is 0 Å². The lowest BCUT2D eigenvalue weighted by atomic mass is 9.80. The lowest BCUT2D eigenvalue weighted by Gasteiger charge is -2.26. The fourth-order valence-corrected chi connectivity index (χ4v) is 4.99. The molecule has 162 valence electrons. The van der Waals surface area contributed by atoms with E-state index in [1.165, 1.54) is 12.0 Å². The number of quaternary nitrogens is 1. The van der Waals surface area contributed by atoms with E-state index in [1.807, 2.05) is 36.5 Å². The summed E-state index contributed by atoms with van der Waals surface area (Å²) < 4.78 is 10.6. The largest absolute Gasteiger partial charge is 0.497 e. The molecule has 2 aromatic carbocycles. The van der Waals surface area contributed by atoms with Crippen LogP contribution in [0.5, 0.6) is 5.75 Å². The Balaban J connectivity index is 1.83. The Morgan fingerprint density at radius 3 is 2.55 bits per heavy atom. The predicted octanol–water partition coefficient (Wildman–Crippen LogP) is 1.75. The van der Waals surface area contributed by atoms with E-state index in [2.05, 4.69) is 0 Å². The summed E-state index contributed by atoms with van der Waals surface area (Å²) in [6, 6.07) is 14.2. The Bertz CT molecular complexity index is 1050. The Labute approximate surface area is 181 Å². The highest BCUT2D eigenvalue weighted by Gasteiger charge is 2.71. The molecule has 31 heavy (non-hydrogen) atoms. The molecule has 2 heterocycles. The summed E-state index contributed by atoms with van der Waals surface area (Å²) in [6.07, 6.45) is 0. The highest BCUT2D eigenvalue weighted by atomic mass is 16.5. The third kappa shape index (κ3) is 3.20. The molecule has 2 fully saturated rings. The van der Waals surface area contributed by atoms with Gasteiger partial charge in [0.25, 0.3) is 0 Å². The topological polar surface area (TPSA) is 89.5 Å². The third-order valence-electron chi connectivity index (χ3n) is 6.48. The van der Waals surface area contributed by atoms with Gasteiger partial charge in [0.05, 0.1) is 19.4 Å². The minimum atomic E-state index is -1.20. The molecule has 0 saturated carbocycles. The second kappa shape index (κ2) is 7.81. The molecule has 2 saturated heterocycles. The molecular formula is C24H27N2O5+. The first-order valence-electron chi connectivity index (χ1n) is 10.4. The maximum atomic E-state index is 13.7. The number of carbonyl (C=O) groups excluding carboxylic acids is 3. The van der Waals surface area contributed by atoms with Gasteiger partial charge in [-0.25, -0.2) is 9.69 Å². The second-order valence-electron chi connectivity index (χ2n) is 8.27. The molecule has 2 aromatic rings. The SMILES string of the molecule is CCOC(=O)[C@]1(C)[NH2+][C@@H](c2ccccc2C)[C@H]2C(=O)N(c3cccc(OC)c3)C(=O)[C@H]21. The third-order valence-corrected chi connectivity index (χ3v) is 6.48. The van der Waals surface area contributed by atoms with Crippen molar-refractivity contribution in [1.82, 2.24) is 0 Å². The Morgan fingerprint density at radius 2 is 1.87 bits per heavy atom. The molecule has 0 radical (unpaired) electrons. The second-order valence-corrected chi connectivity index (χ2v) is 8.27. The first-order chi connectivity index (χ1) is 14.8. The number of benzene rings is 2. The number of nitrogens with two attached hydrogens (primary N) is 1. The maximum absolute atomic E-state index is 13.7. The van der Waals surface area contributed by atoms with Crippen LogP contribution < -0.4 is 15.0 Å². The molecule has 2 aliphatic heterocycles. The Kier molecular flexibility index (Phi) is 5.31. The van der Waals surface area contributed by atoms with Gasteiger partial charge in [0.15, 0.2) is 0 Å². The summed E-state index contributed by atoms with van der Waals surface area (Å²) in [4.78, 5) is 41.5. The molecule has 0 bridgehead atoms. The number of hydrogen-bond acceptors (Lipinski definition) is 5. The van der Waals surface area contributed by atoms with Crippen molar-refractivity contribution in [3.05, 3.63) is 59.7 Å². The number of rotatable bonds is 5. The van der Waals surface area contributed by atoms with E-state index in [0.717, 1.165) is 11.1 Å². The standard InChI is InChI=1S/C24H26N2O5/c1-5-31-23(29)24(3)19-18(20(25-24)17-12-7-6-9-14(17)2)21(27)26(22(19)28)15-10-8-11-16(13-15)30-4/h6-13,18-20,25H,5H2,1-4H3/p+1/t18-,19-,20-,24+/m0/s1. The lowest BCUT2D eigenvalue weighted by molar-refractivity contribution is -0.731. The van der Waals surface area contributed by atoms with Gasteiger partial charge in [0.2, 0.25) is 17.4 Å². The van der Waals surface area contributed by atoms with Gasteiger partial charge < -0.3 is 14.8 Å². The summed E-state index contributed by atoms with van der Waals surface area (Å²) in [7, 11) is 1.53. The van der Waals surface area contributed by atoms with Crippen molar-refractivity contribution in [1.29, 1.82) is 0 Å². The molecule has 0 unspecified atom stereocenters. The van der Waals surface area contributed by atoms with Crippen molar-refractivity contribution in [2.24, 2.45) is 11.8 Å². The number of hydrogen-bond donors (Lipinski definition) is 1. The predicted molar refractivity (Wildman–Crippen MR) is 113 cm³/mol. The fourth-order valence-electron chi connectivity index (χ4n) is 4.99. The van der Waals surface area contributed by atoms with Gasteiger partial charge in [-0.15, -0.1) is 0 Å². The molecule has 2 aliphatic rings.